The van der Waals surface area contributed by atoms with E-state index in [9.17, 15) is 4.79 Å². The maximum Gasteiger partial charge on any atom is 0.246 e. The number of ether oxygens (including phenoxy) is 1. The lowest BCUT2D eigenvalue weighted by molar-refractivity contribution is -0.116. The third-order valence-corrected chi connectivity index (χ3v) is 3.72. The Labute approximate surface area is 135 Å². The van der Waals surface area contributed by atoms with E-state index in [1.165, 1.54) is 0 Å². The van der Waals surface area contributed by atoms with Crippen LogP contribution in [0.5, 0.6) is 5.75 Å². The predicted octanol–water partition coefficient (Wildman–Crippen LogP) is 4.10. The number of aryl methyl sites for hydroxylation is 1. The molecule has 22 heavy (non-hydrogen) atoms. The molecule has 2 N–H and O–H groups in total. The molecule has 0 saturated heterocycles. The molecular weight excluding hydrogens is 300 g/mol. The molecule has 0 fully saturated rings. The topological polar surface area (TPSA) is 50.4 Å². The van der Waals surface area contributed by atoms with Gasteiger partial charge in [0.25, 0.3) is 0 Å². The number of nitrogens with one attached hydrogen (secondary N) is 2. The van der Waals surface area contributed by atoms with Gasteiger partial charge in [0.05, 0.1) is 12.8 Å². The third-order valence-electron chi connectivity index (χ3n) is 3.31. The molecule has 0 aliphatic carbocycles. The number of benzene rings is 2. The second-order valence-electron chi connectivity index (χ2n) is 5.02. The smallest absolute Gasteiger partial charge is 0.246 e. The Morgan fingerprint density at radius 1 is 1.23 bits per heavy atom. The van der Waals surface area contributed by atoms with E-state index >= 15 is 0 Å². The van der Waals surface area contributed by atoms with Gasteiger partial charge in [-0.05, 0) is 43.7 Å². The van der Waals surface area contributed by atoms with Crippen molar-refractivity contribution >= 4 is 28.9 Å². The number of anilines is 2. The molecule has 0 aromatic heterocycles. The third kappa shape index (κ3) is 3.92. The first-order chi connectivity index (χ1) is 10.5. The van der Waals surface area contributed by atoms with Crippen molar-refractivity contribution in [1.82, 2.24) is 0 Å². The van der Waals surface area contributed by atoms with Crippen molar-refractivity contribution in [3.8, 4) is 5.75 Å². The van der Waals surface area contributed by atoms with E-state index in [0.717, 1.165) is 11.3 Å². The highest BCUT2D eigenvalue weighted by molar-refractivity contribution is 6.31. The minimum Gasteiger partial charge on any atom is -0.495 e. The Morgan fingerprint density at radius 2 is 1.95 bits per heavy atom. The van der Waals surface area contributed by atoms with Crippen LogP contribution < -0.4 is 15.4 Å². The molecule has 4 nitrogen and oxygen atoms in total. The van der Waals surface area contributed by atoms with Crippen LogP contribution in [-0.4, -0.2) is 19.1 Å². The summed E-state index contributed by atoms with van der Waals surface area (Å²) in [4.78, 5) is 12.3. The fourth-order valence-electron chi connectivity index (χ4n) is 1.99. The van der Waals surface area contributed by atoms with Gasteiger partial charge in [-0.3, -0.25) is 4.79 Å². The number of carbonyl (C=O) groups is 1. The summed E-state index contributed by atoms with van der Waals surface area (Å²) in [5.41, 5.74) is 2.45. The lowest BCUT2D eigenvalue weighted by Crippen LogP contribution is -2.32. The van der Waals surface area contributed by atoms with Crippen LogP contribution in [0.15, 0.2) is 42.5 Å². The van der Waals surface area contributed by atoms with Crippen LogP contribution in [0.25, 0.3) is 0 Å². The molecule has 2 aromatic rings. The van der Waals surface area contributed by atoms with Gasteiger partial charge in [0.2, 0.25) is 5.91 Å². The predicted molar refractivity (Wildman–Crippen MR) is 90.9 cm³/mol. The summed E-state index contributed by atoms with van der Waals surface area (Å²) >= 11 is 6.09. The van der Waals surface area contributed by atoms with Crippen LogP contribution >= 0.6 is 11.6 Å². The first kappa shape index (κ1) is 16.2. The molecule has 5 heteroatoms. The number of methoxy groups -OCH3 is 1. The monoisotopic (exact) mass is 318 g/mol. The van der Waals surface area contributed by atoms with Gasteiger partial charge in [-0.1, -0.05) is 29.8 Å². The Bertz CT molecular complexity index is 673. The van der Waals surface area contributed by atoms with Gasteiger partial charge >= 0.3 is 0 Å². The van der Waals surface area contributed by atoms with Gasteiger partial charge in [0.1, 0.15) is 11.8 Å². The number of rotatable bonds is 5. The summed E-state index contributed by atoms with van der Waals surface area (Å²) in [5.74, 6) is 0.475. The van der Waals surface area contributed by atoms with Crippen molar-refractivity contribution < 1.29 is 9.53 Å². The molecule has 0 spiro atoms. The van der Waals surface area contributed by atoms with Crippen LogP contribution in [0, 0.1) is 6.92 Å². The van der Waals surface area contributed by atoms with Gasteiger partial charge in [-0.15, -0.1) is 0 Å². The molecule has 2 aromatic carbocycles. The fourth-order valence-corrected chi connectivity index (χ4v) is 2.17. The SMILES string of the molecule is COc1ccccc1NC(=O)[C@@H](C)Nc1ccc(C)c(Cl)c1. The average Bonchev–Trinajstić information content (AvgIpc) is 2.51. The summed E-state index contributed by atoms with van der Waals surface area (Å²) in [7, 11) is 1.57. The van der Waals surface area contributed by atoms with Crippen LogP contribution in [0.1, 0.15) is 12.5 Å². The molecule has 1 atom stereocenters. The normalized spacial score (nSPS) is 11.6. The zero-order valence-electron chi connectivity index (χ0n) is 12.8. The maximum atomic E-state index is 12.3. The van der Waals surface area contributed by atoms with E-state index in [0.29, 0.717) is 16.5 Å². The van der Waals surface area contributed by atoms with Crippen molar-refractivity contribution in [3.63, 3.8) is 0 Å². The van der Waals surface area contributed by atoms with Crippen LogP contribution in [0.4, 0.5) is 11.4 Å². The number of amides is 1. The van der Waals surface area contributed by atoms with Gasteiger partial charge < -0.3 is 15.4 Å². The van der Waals surface area contributed by atoms with E-state index in [1.807, 2.05) is 37.3 Å². The average molecular weight is 319 g/mol. The maximum absolute atomic E-state index is 12.3. The molecule has 0 aliphatic heterocycles. The molecule has 0 saturated carbocycles. The second-order valence-corrected chi connectivity index (χ2v) is 5.43. The highest BCUT2D eigenvalue weighted by Gasteiger charge is 2.15. The summed E-state index contributed by atoms with van der Waals surface area (Å²) < 4.78 is 5.22. The first-order valence-electron chi connectivity index (χ1n) is 6.98. The number of hydrogen-bond donors (Lipinski definition) is 2. The van der Waals surface area contributed by atoms with Gasteiger partial charge in [-0.25, -0.2) is 0 Å². The zero-order chi connectivity index (χ0) is 16.1. The van der Waals surface area contributed by atoms with E-state index in [1.54, 1.807) is 26.2 Å². The number of hydrogen-bond acceptors (Lipinski definition) is 3. The molecule has 1 amide bonds. The van der Waals surface area contributed by atoms with Crippen molar-refractivity contribution in [2.45, 2.75) is 19.9 Å². The van der Waals surface area contributed by atoms with E-state index in [-0.39, 0.29) is 5.91 Å². The molecule has 0 aliphatic rings. The summed E-state index contributed by atoms with van der Waals surface area (Å²) in [6.45, 7) is 3.72. The zero-order valence-corrected chi connectivity index (χ0v) is 13.6. The van der Waals surface area contributed by atoms with Crippen molar-refractivity contribution in [2.24, 2.45) is 0 Å². The lowest BCUT2D eigenvalue weighted by Gasteiger charge is -2.17. The van der Waals surface area contributed by atoms with Crippen LogP contribution in [-0.2, 0) is 4.79 Å². The summed E-state index contributed by atoms with van der Waals surface area (Å²) in [6.07, 6.45) is 0. The second kappa shape index (κ2) is 7.18. The van der Waals surface area contributed by atoms with E-state index < -0.39 is 6.04 Å². The quantitative estimate of drug-likeness (QED) is 0.872. The number of halogens is 1. The molecule has 0 heterocycles. The Morgan fingerprint density at radius 3 is 2.64 bits per heavy atom. The first-order valence-corrected chi connectivity index (χ1v) is 7.35. The minimum atomic E-state index is -0.413. The fraction of sp³-hybridized carbons (Fsp3) is 0.235. The Balaban J connectivity index is 2.04. The number of carbonyl (C=O) groups excluding carboxylic acids is 1. The molecular formula is C17H19ClN2O2. The molecule has 0 unspecified atom stereocenters. The van der Waals surface area contributed by atoms with E-state index in [4.69, 9.17) is 16.3 Å². The summed E-state index contributed by atoms with van der Waals surface area (Å²) in [6, 6.07) is 12.5. The molecule has 0 bridgehead atoms. The minimum absolute atomic E-state index is 0.152. The highest BCUT2D eigenvalue weighted by atomic mass is 35.5. The van der Waals surface area contributed by atoms with E-state index in [2.05, 4.69) is 10.6 Å². The number of para-hydroxylation sites is 2. The highest BCUT2D eigenvalue weighted by Crippen LogP contribution is 2.24. The van der Waals surface area contributed by atoms with Crippen LogP contribution in [0.2, 0.25) is 5.02 Å². The van der Waals surface area contributed by atoms with Gasteiger partial charge in [0, 0.05) is 10.7 Å². The van der Waals surface area contributed by atoms with Gasteiger partial charge in [0.15, 0.2) is 0 Å². The lowest BCUT2D eigenvalue weighted by atomic mass is 10.2. The van der Waals surface area contributed by atoms with Crippen molar-refractivity contribution in [3.05, 3.63) is 53.1 Å². The molecule has 116 valence electrons. The molecule has 2 rings (SSSR count). The standard InChI is InChI=1S/C17H19ClN2O2/c1-11-8-9-13(10-14(11)18)19-12(2)17(21)20-15-6-4-5-7-16(15)22-3/h4-10,12,19H,1-3H3,(H,20,21)/t12-/m1/s1. The van der Waals surface area contributed by atoms with Crippen molar-refractivity contribution in [1.29, 1.82) is 0 Å². The Kier molecular flexibility index (Phi) is 5.28. The van der Waals surface area contributed by atoms with Crippen LogP contribution in [0.3, 0.4) is 0 Å². The summed E-state index contributed by atoms with van der Waals surface area (Å²) in [5, 5.41) is 6.65. The van der Waals surface area contributed by atoms with Gasteiger partial charge in [-0.2, -0.15) is 0 Å². The Hall–Kier alpha value is -2.20. The van der Waals surface area contributed by atoms with Crippen molar-refractivity contribution in [2.75, 3.05) is 17.7 Å². The molecule has 0 radical (unpaired) electrons. The largest absolute Gasteiger partial charge is 0.495 e.